The fraction of sp³-hybridized carbons (Fsp3) is 0.462. The van der Waals surface area contributed by atoms with Crippen LogP contribution in [0.25, 0.3) is 22.3 Å². The van der Waals surface area contributed by atoms with Gasteiger partial charge in [0, 0.05) is 17.6 Å². The van der Waals surface area contributed by atoms with Gasteiger partial charge >= 0.3 is 0 Å². The molecule has 0 spiro atoms. The molecule has 0 radical (unpaired) electrons. The van der Waals surface area contributed by atoms with Crippen molar-refractivity contribution in [1.82, 2.24) is 0 Å². The van der Waals surface area contributed by atoms with Gasteiger partial charge in [-0.2, -0.15) is 0 Å². The molecular formula is C26H36O6Si. The maximum atomic E-state index is 9.18. The van der Waals surface area contributed by atoms with E-state index in [4.69, 9.17) is 23.1 Å². The van der Waals surface area contributed by atoms with Crippen LogP contribution in [0, 0.1) is 0 Å². The van der Waals surface area contributed by atoms with E-state index in [1.807, 2.05) is 24.3 Å². The summed E-state index contributed by atoms with van der Waals surface area (Å²) in [6, 6.07) is 9.86. The van der Waals surface area contributed by atoms with Crippen LogP contribution in [-0.2, 0) is 6.42 Å². The maximum Gasteiger partial charge on any atom is 0.250 e. The number of aliphatic hydroxyl groups excluding tert-OH is 1. The highest BCUT2D eigenvalue weighted by Gasteiger charge is 2.40. The summed E-state index contributed by atoms with van der Waals surface area (Å²) in [7, 11) is 2.78. The summed E-state index contributed by atoms with van der Waals surface area (Å²) < 4.78 is 29.8. The van der Waals surface area contributed by atoms with Crippen molar-refractivity contribution in [1.29, 1.82) is 0 Å². The lowest BCUT2D eigenvalue weighted by molar-refractivity contribution is 0.288. The van der Waals surface area contributed by atoms with Crippen molar-refractivity contribution in [2.24, 2.45) is 0 Å². The topological polar surface area (TPSA) is 70.3 Å². The summed E-state index contributed by atoms with van der Waals surface area (Å²) >= 11 is 0. The van der Waals surface area contributed by atoms with E-state index < -0.39 is 8.32 Å². The minimum Gasteiger partial charge on any atom is -0.539 e. The van der Waals surface area contributed by atoms with Crippen molar-refractivity contribution in [3.05, 3.63) is 35.9 Å². The average molecular weight is 473 g/mol. The van der Waals surface area contributed by atoms with Crippen molar-refractivity contribution in [3.63, 3.8) is 0 Å². The molecule has 0 saturated heterocycles. The lowest BCUT2D eigenvalue weighted by atomic mass is 10.1. The van der Waals surface area contributed by atoms with Gasteiger partial charge in [0.15, 0.2) is 28.6 Å². The summed E-state index contributed by atoms with van der Waals surface area (Å²) in [5, 5.41) is 10.1. The molecule has 0 aliphatic carbocycles. The normalized spacial score (nSPS) is 12.2. The van der Waals surface area contributed by atoms with Gasteiger partial charge in [0.05, 0.1) is 21.3 Å². The third kappa shape index (κ3) is 5.14. The quantitative estimate of drug-likeness (QED) is 0.362. The first-order valence-corrected chi connectivity index (χ1v) is 14.1. The molecule has 1 aromatic heterocycles. The number of fused-ring (bicyclic) bond motifs is 1. The van der Waals surface area contributed by atoms with Gasteiger partial charge in [-0.1, -0.05) is 20.8 Å². The van der Waals surface area contributed by atoms with E-state index in [1.165, 1.54) is 0 Å². The lowest BCUT2D eigenvalue weighted by Gasteiger charge is -2.37. The van der Waals surface area contributed by atoms with Crippen molar-refractivity contribution < 1.29 is 28.2 Å². The van der Waals surface area contributed by atoms with Crippen LogP contribution in [-0.4, -0.2) is 41.4 Å². The number of hydrogen-bond donors (Lipinski definition) is 1. The SMILES string of the molecule is COc1cc(-c2cc3cc(CCCO)cc(OC)c3o2)cc(OC)c1O[Si](C)(C)C(C)(C)C. The van der Waals surface area contributed by atoms with Gasteiger partial charge in [0.1, 0.15) is 5.76 Å². The monoisotopic (exact) mass is 472 g/mol. The molecule has 0 aliphatic rings. The summed E-state index contributed by atoms with van der Waals surface area (Å²) in [6.07, 6.45) is 1.47. The molecule has 0 fully saturated rings. The van der Waals surface area contributed by atoms with Gasteiger partial charge in [-0.15, -0.1) is 0 Å². The van der Waals surface area contributed by atoms with Crippen LogP contribution in [0.5, 0.6) is 23.0 Å². The molecule has 3 aromatic rings. The number of benzene rings is 2. The van der Waals surface area contributed by atoms with Crippen LogP contribution >= 0.6 is 0 Å². The Morgan fingerprint density at radius 1 is 0.879 bits per heavy atom. The van der Waals surface area contributed by atoms with Gasteiger partial charge in [-0.25, -0.2) is 0 Å². The average Bonchev–Trinajstić information content (AvgIpc) is 3.20. The molecule has 0 aliphatic heterocycles. The second-order valence-electron chi connectivity index (χ2n) is 9.73. The zero-order valence-corrected chi connectivity index (χ0v) is 22.0. The highest BCUT2D eigenvalue weighted by molar-refractivity contribution is 6.74. The van der Waals surface area contributed by atoms with Crippen LogP contribution in [0.1, 0.15) is 32.8 Å². The number of aliphatic hydroxyl groups is 1. The zero-order chi connectivity index (χ0) is 24.4. The molecule has 7 heteroatoms. The van der Waals surface area contributed by atoms with E-state index in [-0.39, 0.29) is 11.6 Å². The molecule has 1 heterocycles. The molecule has 0 amide bonds. The summed E-state index contributed by atoms with van der Waals surface area (Å²) in [5.41, 5.74) is 2.59. The van der Waals surface area contributed by atoms with E-state index in [9.17, 15) is 5.11 Å². The third-order valence-corrected chi connectivity index (χ3v) is 10.7. The van der Waals surface area contributed by atoms with Crippen molar-refractivity contribution in [2.75, 3.05) is 27.9 Å². The first kappa shape index (κ1) is 25.0. The minimum absolute atomic E-state index is 0.0325. The predicted molar refractivity (Wildman–Crippen MR) is 135 cm³/mol. The minimum atomic E-state index is -2.11. The lowest BCUT2D eigenvalue weighted by Crippen LogP contribution is -2.44. The maximum absolute atomic E-state index is 9.18. The smallest absolute Gasteiger partial charge is 0.250 e. The Kier molecular flexibility index (Phi) is 7.34. The van der Waals surface area contributed by atoms with E-state index in [0.717, 1.165) is 22.9 Å². The van der Waals surface area contributed by atoms with Crippen LogP contribution < -0.4 is 18.6 Å². The Bertz CT molecular complexity index is 1080. The number of hydrogen-bond acceptors (Lipinski definition) is 6. The number of methoxy groups -OCH3 is 3. The van der Waals surface area contributed by atoms with Crippen molar-refractivity contribution in [3.8, 4) is 34.3 Å². The third-order valence-electron chi connectivity index (χ3n) is 6.39. The Morgan fingerprint density at radius 2 is 1.48 bits per heavy atom. The molecule has 0 atom stereocenters. The van der Waals surface area contributed by atoms with E-state index in [0.29, 0.717) is 40.8 Å². The molecule has 180 valence electrons. The number of furan rings is 1. The molecule has 0 bridgehead atoms. The number of ether oxygens (including phenoxy) is 3. The van der Waals surface area contributed by atoms with Gasteiger partial charge < -0.3 is 28.2 Å². The van der Waals surface area contributed by atoms with Gasteiger partial charge in [0.2, 0.25) is 0 Å². The van der Waals surface area contributed by atoms with Crippen molar-refractivity contribution in [2.45, 2.75) is 51.7 Å². The highest BCUT2D eigenvalue weighted by atomic mass is 28.4. The Balaban J connectivity index is 2.09. The Labute approximate surface area is 197 Å². The number of rotatable bonds is 9. The standard InChI is InChI=1S/C26H36O6Si/c1-26(2,3)33(7,8)32-25-22(29-5)14-18(15-23(25)30-6)20-16-19-12-17(10-9-11-27)13-21(28-4)24(19)31-20/h12-16,27H,9-11H2,1-8H3. The summed E-state index contributed by atoms with van der Waals surface area (Å²) in [5.74, 6) is 3.17. The van der Waals surface area contributed by atoms with Crippen LogP contribution in [0.4, 0.5) is 0 Å². The van der Waals surface area contributed by atoms with Gasteiger partial charge in [0.25, 0.3) is 8.32 Å². The molecule has 33 heavy (non-hydrogen) atoms. The molecule has 0 saturated carbocycles. The molecule has 1 N–H and O–H groups in total. The molecule has 2 aromatic carbocycles. The van der Waals surface area contributed by atoms with E-state index >= 15 is 0 Å². The largest absolute Gasteiger partial charge is 0.539 e. The molecule has 3 rings (SSSR count). The fourth-order valence-corrected chi connectivity index (χ4v) is 4.45. The van der Waals surface area contributed by atoms with E-state index in [2.05, 4.69) is 39.9 Å². The van der Waals surface area contributed by atoms with Crippen LogP contribution in [0.15, 0.2) is 34.7 Å². The fourth-order valence-electron chi connectivity index (χ4n) is 3.43. The summed E-state index contributed by atoms with van der Waals surface area (Å²) in [4.78, 5) is 0. The van der Waals surface area contributed by atoms with E-state index in [1.54, 1.807) is 21.3 Å². The highest BCUT2D eigenvalue weighted by Crippen LogP contribution is 2.47. The second-order valence-corrected chi connectivity index (χ2v) is 14.5. The van der Waals surface area contributed by atoms with Crippen LogP contribution in [0.2, 0.25) is 18.1 Å². The Morgan fingerprint density at radius 3 is 2.00 bits per heavy atom. The summed E-state index contributed by atoms with van der Waals surface area (Å²) in [6.45, 7) is 11.1. The Hall–Kier alpha value is -2.64. The van der Waals surface area contributed by atoms with Crippen molar-refractivity contribution >= 4 is 19.3 Å². The first-order valence-electron chi connectivity index (χ1n) is 11.2. The number of aryl methyl sites for hydroxylation is 1. The first-order chi connectivity index (χ1) is 15.5. The predicted octanol–water partition coefficient (Wildman–Crippen LogP) is 6.43. The van der Waals surface area contributed by atoms with Gasteiger partial charge in [-0.3, -0.25) is 0 Å². The van der Waals surface area contributed by atoms with Crippen LogP contribution in [0.3, 0.4) is 0 Å². The van der Waals surface area contributed by atoms with Gasteiger partial charge in [-0.05, 0) is 66.9 Å². The zero-order valence-electron chi connectivity index (χ0n) is 21.0. The second kappa shape index (κ2) is 9.69. The molecule has 6 nitrogen and oxygen atoms in total. The molecular weight excluding hydrogens is 436 g/mol. The molecule has 0 unspecified atom stereocenters.